The Morgan fingerprint density at radius 2 is 2.00 bits per heavy atom. The van der Waals surface area contributed by atoms with Gasteiger partial charge in [0, 0.05) is 25.5 Å². The Morgan fingerprint density at radius 3 is 2.66 bits per heavy atom. The second-order valence-electron chi connectivity index (χ2n) is 7.22. The summed E-state index contributed by atoms with van der Waals surface area (Å²) in [6.07, 6.45) is 2.67. The van der Waals surface area contributed by atoms with Gasteiger partial charge < -0.3 is 9.64 Å². The first-order valence-electron chi connectivity index (χ1n) is 8.63. The van der Waals surface area contributed by atoms with E-state index in [0.29, 0.717) is 35.5 Å². The first-order chi connectivity index (χ1) is 13.6. The number of allylic oxidation sites excluding steroid dienone is 1. The van der Waals surface area contributed by atoms with Crippen LogP contribution in [0, 0.1) is 11.3 Å². The molecular formula is C18H17Cl3N6O2. The third-order valence-corrected chi connectivity index (χ3v) is 4.87. The van der Waals surface area contributed by atoms with Crippen molar-refractivity contribution >= 4 is 57.6 Å². The van der Waals surface area contributed by atoms with E-state index in [9.17, 15) is 10.1 Å². The van der Waals surface area contributed by atoms with E-state index in [0.717, 1.165) is 0 Å². The molecule has 3 rings (SSSR count). The second-order valence-corrected chi connectivity index (χ2v) is 8.30. The molecule has 0 unspecified atom stereocenters. The molecule has 2 aromatic rings. The van der Waals surface area contributed by atoms with Gasteiger partial charge in [0.1, 0.15) is 27.1 Å². The van der Waals surface area contributed by atoms with Gasteiger partial charge in [0.2, 0.25) is 5.28 Å². The lowest BCUT2D eigenvalue weighted by Gasteiger charge is -2.35. The zero-order valence-corrected chi connectivity index (χ0v) is 18.2. The smallest absolute Gasteiger partial charge is 0.414 e. The highest BCUT2D eigenvalue weighted by molar-refractivity contribution is 6.44. The Balaban J connectivity index is 2.04. The highest BCUT2D eigenvalue weighted by Crippen LogP contribution is 2.34. The number of rotatable bonds is 2. The van der Waals surface area contributed by atoms with Crippen LogP contribution < -0.4 is 4.90 Å². The summed E-state index contributed by atoms with van der Waals surface area (Å²) < 4.78 is 5.44. The molecule has 0 aromatic carbocycles. The van der Waals surface area contributed by atoms with Gasteiger partial charge >= 0.3 is 6.09 Å². The zero-order chi connectivity index (χ0) is 21.3. The summed E-state index contributed by atoms with van der Waals surface area (Å²) in [5.41, 5.74) is 0.194. The van der Waals surface area contributed by atoms with Crippen molar-refractivity contribution in [2.75, 3.05) is 18.0 Å². The molecule has 0 spiro atoms. The number of carbonyl (C=O) groups is 1. The number of aromatic nitrogens is 3. The molecule has 1 aliphatic rings. The molecule has 3 heterocycles. The quantitative estimate of drug-likeness (QED) is 0.474. The van der Waals surface area contributed by atoms with Crippen LogP contribution in [0.1, 0.15) is 27.2 Å². The van der Waals surface area contributed by atoms with E-state index < -0.39 is 11.7 Å². The fourth-order valence-corrected chi connectivity index (χ4v) is 3.29. The highest BCUT2D eigenvalue weighted by Gasteiger charge is 2.29. The van der Waals surface area contributed by atoms with E-state index in [1.165, 1.54) is 11.1 Å². The van der Waals surface area contributed by atoms with Gasteiger partial charge in [-0.25, -0.2) is 14.8 Å². The Hall–Kier alpha value is -2.34. The summed E-state index contributed by atoms with van der Waals surface area (Å²) in [7, 11) is 0. The summed E-state index contributed by atoms with van der Waals surface area (Å²) >= 11 is 18.3. The molecule has 8 nitrogen and oxygen atoms in total. The van der Waals surface area contributed by atoms with E-state index in [1.807, 2.05) is 0 Å². The lowest BCUT2D eigenvalue weighted by atomic mass is 10.2. The van der Waals surface area contributed by atoms with Gasteiger partial charge in [-0.1, -0.05) is 23.2 Å². The Kier molecular flexibility index (Phi) is 6.03. The maximum Gasteiger partial charge on any atom is 0.414 e. The SMILES string of the molecule is CC(C)(C)OC(=O)N1CCN(c2nc(Cl)nc3c(Cl)c(Cl)ncc23)C=C1CC#N. The second kappa shape index (κ2) is 8.19. The number of ether oxygens (including phenoxy) is 1. The highest BCUT2D eigenvalue weighted by atomic mass is 35.5. The zero-order valence-electron chi connectivity index (χ0n) is 15.9. The molecule has 0 bridgehead atoms. The van der Waals surface area contributed by atoms with Crippen LogP contribution in [0.2, 0.25) is 15.5 Å². The van der Waals surface area contributed by atoms with Crippen molar-refractivity contribution in [1.82, 2.24) is 19.9 Å². The molecule has 0 saturated carbocycles. The molecule has 29 heavy (non-hydrogen) atoms. The molecule has 0 fully saturated rings. The number of hydrogen-bond acceptors (Lipinski definition) is 7. The minimum absolute atomic E-state index is 0.0112. The molecule has 0 radical (unpaired) electrons. The van der Waals surface area contributed by atoms with Crippen molar-refractivity contribution in [3.8, 4) is 6.07 Å². The van der Waals surface area contributed by atoms with E-state index in [1.54, 1.807) is 31.9 Å². The third kappa shape index (κ3) is 4.64. The molecule has 1 amide bonds. The molecule has 152 valence electrons. The van der Waals surface area contributed by atoms with Gasteiger partial charge in [-0.05, 0) is 32.4 Å². The largest absolute Gasteiger partial charge is 0.443 e. The van der Waals surface area contributed by atoms with Crippen LogP contribution in [0.15, 0.2) is 18.1 Å². The minimum atomic E-state index is -0.649. The topological polar surface area (TPSA) is 95.2 Å². The predicted octanol–water partition coefficient (Wildman–Crippen LogP) is 4.80. The van der Waals surface area contributed by atoms with E-state index in [2.05, 4.69) is 21.0 Å². The average molecular weight is 456 g/mol. The van der Waals surface area contributed by atoms with Crippen LogP contribution in [-0.2, 0) is 4.74 Å². The number of amides is 1. The lowest BCUT2D eigenvalue weighted by molar-refractivity contribution is 0.0308. The number of pyridine rings is 1. The van der Waals surface area contributed by atoms with Crippen molar-refractivity contribution in [2.24, 2.45) is 0 Å². The Morgan fingerprint density at radius 1 is 1.28 bits per heavy atom. The van der Waals surface area contributed by atoms with Gasteiger partial charge in [-0.3, -0.25) is 4.90 Å². The van der Waals surface area contributed by atoms with Gasteiger partial charge in [-0.15, -0.1) is 0 Å². The number of nitriles is 1. The van der Waals surface area contributed by atoms with Crippen molar-refractivity contribution in [2.45, 2.75) is 32.8 Å². The number of hydrogen-bond donors (Lipinski definition) is 0. The number of anilines is 1. The van der Waals surface area contributed by atoms with Crippen molar-refractivity contribution in [3.63, 3.8) is 0 Å². The van der Waals surface area contributed by atoms with E-state index >= 15 is 0 Å². The van der Waals surface area contributed by atoms with Crippen LogP contribution in [0.4, 0.5) is 10.6 Å². The summed E-state index contributed by atoms with van der Waals surface area (Å²) in [5, 5.41) is 10.0. The number of carbonyl (C=O) groups excluding carboxylic acids is 1. The molecule has 0 atom stereocenters. The maximum absolute atomic E-state index is 12.5. The predicted molar refractivity (Wildman–Crippen MR) is 111 cm³/mol. The fourth-order valence-electron chi connectivity index (χ4n) is 2.79. The third-order valence-electron chi connectivity index (χ3n) is 3.96. The minimum Gasteiger partial charge on any atom is -0.443 e. The lowest BCUT2D eigenvalue weighted by Crippen LogP contribution is -2.44. The molecule has 0 N–H and O–H groups in total. The first-order valence-corrected chi connectivity index (χ1v) is 9.76. The Labute approximate surface area is 182 Å². The maximum atomic E-state index is 12.5. The van der Waals surface area contributed by atoms with Gasteiger partial charge in [-0.2, -0.15) is 10.2 Å². The number of halogens is 3. The van der Waals surface area contributed by atoms with Crippen LogP contribution in [-0.4, -0.2) is 44.6 Å². The van der Waals surface area contributed by atoms with Gasteiger partial charge in [0.15, 0.2) is 0 Å². The number of fused-ring (bicyclic) bond motifs is 1. The van der Waals surface area contributed by atoms with E-state index in [-0.39, 0.29) is 21.9 Å². The molecule has 0 aliphatic carbocycles. The standard InChI is InChI=1S/C18H17Cl3N6O2/c1-18(2,3)29-17(28)27-7-6-26(9-10(27)4-5-22)15-11-8-23-14(20)12(19)13(11)24-16(21)25-15/h8-9H,4,6-7H2,1-3H3. The summed E-state index contributed by atoms with van der Waals surface area (Å²) in [6, 6.07) is 2.07. The summed E-state index contributed by atoms with van der Waals surface area (Å²) in [5.74, 6) is 0.449. The fraction of sp³-hybridized carbons (Fsp3) is 0.389. The first kappa shape index (κ1) is 21.4. The van der Waals surface area contributed by atoms with Crippen LogP contribution in [0.25, 0.3) is 10.9 Å². The van der Waals surface area contributed by atoms with Crippen LogP contribution in [0.3, 0.4) is 0 Å². The number of nitrogens with zero attached hydrogens (tertiary/aromatic N) is 6. The molecule has 0 saturated heterocycles. The normalized spacial score (nSPS) is 14.6. The summed E-state index contributed by atoms with van der Waals surface area (Å²) in [4.78, 5) is 28.2. The monoisotopic (exact) mass is 454 g/mol. The van der Waals surface area contributed by atoms with Crippen molar-refractivity contribution in [3.05, 3.63) is 33.6 Å². The Bertz CT molecular complexity index is 1040. The van der Waals surface area contributed by atoms with Crippen molar-refractivity contribution < 1.29 is 9.53 Å². The van der Waals surface area contributed by atoms with Crippen LogP contribution in [0.5, 0.6) is 0 Å². The van der Waals surface area contributed by atoms with Crippen LogP contribution >= 0.6 is 34.8 Å². The summed E-state index contributed by atoms with van der Waals surface area (Å²) in [6.45, 7) is 6.03. The molecule has 11 heteroatoms. The van der Waals surface area contributed by atoms with Gasteiger partial charge in [0.05, 0.1) is 23.6 Å². The van der Waals surface area contributed by atoms with E-state index in [4.69, 9.17) is 39.5 Å². The average Bonchev–Trinajstić information content (AvgIpc) is 2.63. The molecule has 2 aromatic heterocycles. The van der Waals surface area contributed by atoms with Crippen molar-refractivity contribution in [1.29, 1.82) is 5.26 Å². The molecular weight excluding hydrogens is 439 g/mol. The molecule has 1 aliphatic heterocycles. The van der Waals surface area contributed by atoms with Gasteiger partial charge in [0.25, 0.3) is 0 Å².